The highest BCUT2D eigenvalue weighted by Gasteiger charge is 2.41. The second-order valence-corrected chi connectivity index (χ2v) is 5.87. The Morgan fingerprint density at radius 3 is 2.45 bits per heavy atom. The van der Waals surface area contributed by atoms with Crippen LogP contribution in [-0.4, -0.2) is 18.2 Å². The third-order valence-electron chi connectivity index (χ3n) is 3.48. The zero-order valence-corrected chi connectivity index (χ0v) is 14.0. The van der Waals surface area contributed by atoms with Gasteiger partial charge in [0.2, 0.25) is 5.60 Å². The fourth-order valence-corrected chi connectivity index (χ4v) is 2.67. The Bertz CT molecular complexity index is 694. The molecule has 22 heavy (non-hydrogen) atoms. The summed E-state index contributed by atoms with van der Waals surface area (Å²) in [7, 11) is 1.26. The van der Waals surface area contributed by atoms with Gasteiger partial charge in [-0.25, -0.2) is 4.79 Å². The predicted octanol–water partition coefficient (Wildman–Crippen LogP) is 3.91. The van der Waals surface area contributed by atoms with Crippen LogP contribution < -0.4 is 0 Å². The molecule has 114 valence electrons. The number of halogens is 1. The highest BCUT2D eigenvalue weighted by atomic mass is 79.9. The molecule has 1 N–H and O–H groups in total. The lowest BCUT2D eigenvalue weighted by Gasteiger charge is -2.27. The van der Waals surface area contributed by atoms with Crippen LogP contribution in [0.4, 0.5) is 0 Å². The lowest BCUT2D eigenvalue weighted by Crippen LogP contribution is -2.38. The third kappa shape index (κ3) is 3.29. The molecule has 0 radical (unpaired) electrons. The first-order valence-electron chi connectivity index (χ1n) is 6.79. The quantitative estimate of drug-likeness (QED) is 0.840. The summed E-state index contributed by atoms with van der Waals surface area (Å²) in [5.74, 6) is -0.713. The van der Waals surface area contributed by atoms with Crippen LogP contribution in [0.1, 0.15) is 18.1 Å². The lowest BCUT2D eigenvalue weighted by molar-refractivity contribution is -0.159. The summed E-state index contributed by atoms with van der Waals surface area (Å²) < 4.78 is 5.60. The summed E-state index contributed by atoms with van der Waals surface area (Å²) in [6.07, 6.45) is 1.78. The zero-order valence-electron chi connectivity index (χ0n) is 12.4. The van der Waals surface area contributed by atoms with E-state index in [-0.39, 0.29) is 0 Å². The van der Waals surface area contributed by atoms with Crippen LogP contribution in [-0.2, 0) is 15.1 Å². The molecule has 0 heterocycles. The molecule has 0 aliphatic carbocycles. The molecule has 0 amide bonds. The third-order valence-corrected chi connectivity index (χ3v) is 3.97. The monoisotopic (exact) mass is 360 g/mol. The summed E-state index contributed by atoms with van der Waals surface area (Å²) in [4.78, 5) is 12.2. The largest absolute Gasteiger partial charge is 0.466 e. The molecule has 0 saturated carbocycles. The Balaban J connectivity index is 2.55. The van der Waals surface area contributed by atoms with Crippen molar-refractivity contribution in [3.63, 3.8) is 0 Å². The number of rotatable bonds is 4. The summed E-state index contributed by atoms with van der Waals surface area (Å²) in [5, 5.41) is 11.0. The van der Waals surface area contributed by atoms with Crippen molar-refractivity contribution >= 4 is 28.0 Å². The van der Waals surface area contributed by atoms with Crippen molar-refractivity contribution in [3.8, 4) is 0 Å². The molecular weight excluding hydrogens is 344 g/mol. The Labute approximate surface area is 138 Å². The number of esters is 1. The molecule has 0 fully saturated rings. The number of aliphatic hydroxyl groups is 1. The molecule has 0 aromatic heterocycles. The molecule has 1 unspecified atom stereocenters. The van der Waals surface area contributed by atoms with Crippen molar-refractivity contribution in [2.24, 2.45) is 0 Å². The van der Waals surface area contributed by atoms with E-state index in [1.54, 1.807) is 31.2 Å². The van der Waals surface area contributed by atoms with Gasteiger partial charge in [-0.2, -0.15) is 0 Å². The number of ether oxygens (including phenoxy) is 1. The predicted molar refractivity (Wildman–Crippen MR) is 90.1 cm³/mol. The maximum atomic E-state index is 12.2. The maximum absolute atomic E-state index is 12.2. The minimum absolute atomic E-state index is 0.457. The molecule has 2 rings (SSSR count). The maximum Gasteiger partial charge on any atom is 0.347 e. The summed E-state index contributed by atoms with van der Waals surface area (Å²) in [6.45, 7) is 1.71. The molecule has 2 aromatic carbocycles. The van der Waals surface area contributed by atoms with Gasteiger partial charge in [-0.1, -0.05) is 64.5 Å². The first-order valence-corrected chi connectivity index (χ1v) is 7.58. The Morgan fingerprint density at radius 2 is 1.86 bits per heavy atom. The van der Waals surface area contributed by atoms with Gasteiger partial charge in [0.25, 0.3) is 0 Å². The summed E-state index contributed by atoms with van der Waals surface area (Å²) >= 11 is 3.36. The van der Waals surface area contributed by atoms with Crippen LogP contribution in [0.15, 0.2) is 64.6 Å². The number of hydrogen-bond donors (Lipinski definition) is 1. The molecule has 3 nitrogen and oxygen atoms in total. The second-order valence-electron chi connectivity index (χ2n) is 4.95. The molecule has 0 aliphatic heterocycles. The number of carbonyl (C=O) groups excluding carboxylic acids is 1. The Morgan fingerprint density at radius 1 is 1.18 bits per heavy atom. The molecule has 4 heteroatoms. The molecule has 2 aromatic rings. The Kier molecular flexibility index (Phi) is 5.16. The van der Waals surface area contributed by atoms with Crippen molar-refractivity contribution in [3.05, 3.63) is 75.8 Å². The minimum Gasteiger partial charge on any atom is -0.466 e. The molecule has 0 saturated heterocycles. The van der Waals surface area contributed by atoms with Crippen LogP contribution in [0.25, 0.3) is 6.08 Å². The number of hydrogen-bond acceptors (Lipinski definition) is 3. The SMILES string of the molecule is COC(=O)C(O)(/C(C)=C/c1ccccc1)c1cccc(Br)c1. The molecule has 0 bridgehead atoms. The van der Waals surface area contributed by atoms with Crippen molar-refractivity contribution in [2.45, 2.75) is 12.5 Å². The van der Waals surface area contributed by atoms with E-state index in [4.69, 9.17) is 4.74 Å². The van der Waals surface area contributed by atoms with Gasteiger partial charge in [0.15, 0.2) is 0 Å². The van der Waals surface area contributed by atoms with Gasteiger partial charge in [0, 0.05) is 10.0 Å². The first kappa shape index (κ1) is 16.5. The van der Waals surface area contributed by atoms with Crippen LogP contribution in [0, 0.1) is 0 Å². The molecule has 1 atom stereocenters. The zero-order chi connectivity index (χ0) is 16.2. The van der Waals surface area contributed by atoms with E-state index >= 15 is 0 Å². The topological polar surface area (TPSA) is 46.5 Å². The highest BCUT2D eigenvalue weighted by Crippen LogP contribution is 2.33. The van der Waals surface area contributed by atoms with E-state index in [0.29, 0.717) is 11.1 Å². The summed E-state index contributed by atoms with van der Waals surface area (Å²) in [5.41, 5.74) is 0.0216. The summed E-state index contributed by atoms with van der Waals surface area (Å²) in [6, 6.07) is 16.5. The second kappa shape index (κ2) is 6.90. The van der Waals surface area contributed by atoms with Gasteiger partial charge in [0.1, 0.15) is 0 Å². The smallest absolute Gasteiger partial charge is 0.347 e. The van der Waals surface area contributed by atoms with E-state index in [2.05, 4.69) is 15.9 Å². The van der Waals surface area contributed by atoms with Gasteiger partial charge in [-0.3, -0.25) is 0 Å². The fourth-order valence-electron chi connectivity index (χ4n) is 2.27. The van der Waals surface area contributed by atoms with E-state index in [9.17, 15) is 9.90 Å². The van der Waals surface area contributed by atoms with Crippen LogP contribution in [0.2, 0.25) is 0 Å². The van der Waals surface area contributed by atoms with Crippen molar-refractivity contribution < 1.29 is 14.6 Å². The normalized spacial score (nSPS) is 14.3. The highest BCUT2D eigenvalue weighted by molar-refractivity contribution is 9.10. The average molecular weight is 361 g/mol. The van der Waals surface area contributed by atoms with E-state index < -0.39 is 11.6 Å². The Hall–Kier alpha value is -1.91. The number of methoxy groups -OCH3 is 1. The van der Waals surface area contributed by atoms with E-state index in [0.717, 1.165) is 10.0 Å². The van der Waals surface area contributed by atoms with Gasteiger partial charge >= 0.3 is 5.97 Å². The van der Waals surface area contributed by atoms with Gasteiger partial charge in [0.05, 0.1) is 7.11 Å². The van der Waals surface area contributed by atoms with Gasteiger partial charge < -0.3 is 9.84 Å². The van der Waals surface area contributed by atoms with Gasteiger partial charge in [-0.05, 0) is 30.2 Å². The average Bonchev–Trinajstić information content (AvgIpc) is 2.54. The van der Waals surface area contributed by atoms with Crippen LogP contribution >= 0.6 is 15.9 Å². The molecule has 0 aliphatic rings. The first-order chi connectivity index (χ1) is 10.5. The van der Waals surface area contributed by atoms with Crippen molar-refractivity contribution in [2.75, 3.05) is 7.11 Å². The van der Waals surface area contributed by atoms with Crippen LogP contribution in [0.3, 0.4) is 0 Å². The standard InChI is InChI=1S/C18H17BrO3/c1-13(11-14-7-4-3-5-8-14)18(21,17(20)22-2)15-9-6-10-16(19)12-15/h3-12,21H,1-2H3/b13-11+. The molecule has 0 spiro atoms. The number of carbonyl (C=O) groups is 1. The van der Waals surface area contributed by atoms with Gasteiger partial charge in [-0.15, -0.1) is 0 Å². The van der Waals surface area contributed by atoms with Crippen LogP contribution in [0.5, 0.6) is 0 Å². The van der Waals surface area contributed by atoms with Crippen molar-refractivity contribution in [1.82, 2.24) is 0 Å². The lowest BCUT2D eigenvalue weighted by atomic mass is 9.86. The number of benzene rings is 2. The van der Waals surface area contributed by atoms with Crippen molar-refractivity contribution in [1.29, 1.82) is 0 Å². The van der Waals surface area contributed by atoms with E-state index in [1.165, 1.54) is 7.11 Å². The fraction of sp³-hybridized carbons (Fsp3) is 0.167. The minimum atomic E-state index is -1.83. The van der Waals surface area contributed by atoms with E-state index in [1.807, 2.05) is 36.4 Å². The molecular formula is C18H17BrO3.